The number of thiophene rings is 2. The van der Waals surface area contributed by atoms with E-state index in [1.54, 1.807) is 46.9 Å². The molecule has 1 saturated heterocycles. The van der Waals surface area contributed by atoms with Crippen molar-refractivity contribution in [3.63, 3.8) is 0 Å². The Morgan fingerprint density at radius 3 is 2.52 bits per heavy atom. The van der Waals surface area contributed by atoms with Crippen LogP contribution in [0.15, 0.2) is 59.3 Å². The second-order valence-electron chi connectivity index (χ2n) is 7.45. The van der Waals surface area contributed by atoms with Crippen molar-refractivity contribution in [2.45, 2.75) is 25.4 Å². The van der Waals surface area contributed by atoms with Gasteiger partial charge in [0.15, 0.2) is 0 Å². The van der Waals surface area contributed by atoms with Gasteiger partial charge in [0, 0.05) is 27.5 Å². The molecule has 3 aromatic rings. The van der Waals surface area contributed by atoms with Crippen molar-refractivity contribution in [1.29, 1.82) is 0 Å². The van der Waals surface area contributed by atoms with Crippen molar-refractivity contribution >= 4 is 40.3 Å². The van der Waals surface area contributed by atoms with E-state index in [2.05, 4.69) is 38.4 Å². The van der Waals surface area contributed by atoms with Crippen LogP contribution in [-0.2, 0) is 6.54 Å². The van der Waals surface area contributed by atoms with E-state index >= 15 is 0 Å². The first-order valence-corrected chi connectivity index (χ1v) is 12.2. The van der Waals surface area contributed by atoms with E-state index < -0.39 is 0 Å². The summed E-state index contributed by atoms with van der Waals surface area (Å²) in [4.78, 5) is 29.8. The minimum atomic E-state index is -0.267. The first kappa shape index (κ1) is 21.5. The van der Waals surface area contributed by atoms with Crippen molar-refractivity contribution in [3.8, 4) is 0 Å². The van der Waals surface area contributed by atoms with Crippen molar-refractivity contribution in [3.05, 3.63) is 74.6 Å². The van der Waals surface area contributed by atoms with Crippen LogP contribution in [0.5, 0.6) is 0 Å². The van der Waals surface area contributed by atoms with Gasteiger partial charge in [0.2, 0.25) is 0 Å². The molecule has 1 unspecified atom stereocenters. The average Bonchev–Trinajstić information content (AvgIpc) is 3.56. The number of nitrogens with one attached hydrogen (secondary N) is 3. The summed E-state index contributed by atoms with van der Waals surface area (Å²) < 4.78 is 0. The fraction of sp³-hybridized carbons (Fsp3) is 0.304. The summed E-state index contributed by atoms with van der Waals surface area (Å²) in [6, 6.07) is 15.1. The molecule has 3 amide bonds. The summed E-state index contributed by atoms with van der Waals surface area (Å²) >= 11 is 3.33. The summed E-state index contributed by atoms with van der Waals surface area (Å²) in [6.45, 7) is 3.17. The van der Waals surface area contributed by atoms with Crippen LogP contribution in [-0.4, -0.2) is 36.5 Å². The molecular weight excluding hydrogens is 428 g/mol. The van der Waals surface area contributed by atoms with Gasteiger partial charge in [-0.15, -0.1) is 22.7 Å². The van der Waals surface area contributed by atoms with Gasteiger partial charge in [-0.3, -0.25) is 9.69 Å². The lowest BCUT2D eigenvalue weighted by Crippen LogP contribution is -2.38. The van der Waals surface area contributed by atoms with Crippen LogP contribution >= 0.6 is 22.7 Å². The van der Waals surface area contributed by atoms with Gasteiger partial charge in [-0.25, -0.2) is 4.79 Å². The Bertz CT molecular complexity index is 983. The van der Waals surface area contributed by atoms with Gasteiger partial charge in [-0.2, -0.15) is 0 Å². The summed E-state index contributed by atoms with van der Waals surface area (Å²) in [6.07, 6.45) is 2.41. The topological polar surface area (TPSA) is 73.5 Å². The predicted octanol–water partition coefficient (Wildman–Crippen LogP) is 4.70. The van der Waals surface area contributed by atoms with Gasteiger partial charge in [0.25, 0.3) is 5.91 Å². The molecule has 1 fully saturated rings. The van der Waals surface area contributed by atoms with E-state index in [0.717, 1.165) is 18.0 Å². The maximum absolute atomic E-state index is 12.5. The van der Waals surface area contributed by atoms with Crippen LogP contribution in [0.25, 0.3) is 0 Å². The molecule has 4 rings (SSSR count). The molecule has 0 spiro atoms. The fourth-order valence-electron chi connectivity index (χ4n) is 3.73. The van der Waals surface area contributed by atoms with Crippen molar-refractivity contribution in [1.82, 2.24) is 15.5 Å². The Hall–Kier alpha value is -2.68. The van der Waals surface area contributed by atoms with E-state index in [4.69, 9.17) is 0 Å². The third kappa shape index (κ3) is 5.94. The molecule has 3 N–H and O–H groups in total. The highest BCUT2D eigenvalue weighted by Gasteiger charge is 2.24. The largest absolute Gasteiger partial charge is 0.347 e. The quantitative estimate of drug-likeness (QED) is 0.462. The van der Waals surface area contributed by atoms with Crippen LogP contribution < -0.4 is 16.0 Å². The number of hydrogen-bond donors (Lipinski definition) is 3. The number of urea groups is 1. The van der Waals surface area contributed by atoms with Gasteiger partial charge < -0.3 is 16.0 Å². The van der Waals surface area contributed by atoms with E-state index in [1.807, 2.05) is 17.5 Å². The third-order valence-electron chi connectivity index (χ3n) is 5.29. The number of rotatable bonds is 8. The Morgan fingerprint density at radius 2 is 1.77 bits per heavy atom. The lowest BCUT2D eigenvalue weighted by molar-refractivity contribution is 0.0951. The molecule has 8 heteroatoms. The van der Waals surface area contributed by atoms with Crippen molar-refractivity contribution in [2.75, 3.05) is 25.0 Å². The summed E-state index contributed by atoms with van der Waals surface area (Å²) in [7, 11) is 0. The molecule has 0 saturated carbocycles. The molecule has 1 aliphatic rings. The summed E-state index contributed by atoms with van der Waals surface area (Å²) in [5.41, 5.74) is 1.11. The molecule has 1 atom stereocenters. The monoisotopic (exact) mass is 454 g/mol. The zero-order chi connectivity index (χ0) is 21.5. The highest BCUT2D eigenvalue weighted by molar-refractivity contribution is 7.10. The summed E-state index contributed by atoms with van der Waals surface area (Å²) in [5, 5.41) is 12.8. The maximum atomic E-state index is 12.5. The Morgan fingerprint density at radius 1 is 0.968 bits per heavy atom. The first-order chi connectivity index (χ1) is 15.2. The molecule has 162 valence electrons. The maximum Gasteiger partial charge on any atom is 0.319 e. The average molecular weight is 455 g/mol. The highest BCUT2D eigenvalue weighted by Crippen LogP contribution is 2.27. The zero-order valence-corrected chi connectivity index (χ0v) is 18.8. The SMILES string of the molecule is O=C(NCC(c1cccs1)N1CCCC1)Nc1cccc(C(=O)NCc2cccs2)c1. The van der Waals surface area contributed by atoms with Crippen LogP contribution in [0.3, 0.4) is 0 Å². The molecule has 2 aromatic heterocycles. The van der Waals surface area contributed by atoms with Gasteiger partial charge in [-0.1, -0.05) is 18.2 Å². The number of amides is 3. The lowest BCUT2D eigenvalue weighted by Gasteiger charge is -2.27. The van der Waals surface area contributed by atoms with Crippen molar-refractivity contribution < 1.29 is 9.59 Å². The standard InChI is InChI=1S/C23H26N4O2S2/c28-22(24-15-19-8-4-12-30-19)17-6-3-7-18(14-17)26-23(29)25-16-20(21-9-5-13-31-21)27-10-1-2-11-27/h3-9,12-14,20H,1-2,10-11,15-16H2,(H,24,28)(H2,25,26,29). The van der Waals surface area contributed by atoms with E-state index in [0.29, 0.717) is 24.3 Å². The van der Waals surface area contributed by atoms with Gasteiger partial charge >= 0.3 is 6.03 Å². The minimum Gasteiger partial charge on any atom is -0.347 e. The van der Waals surface area contributed by atoms with Gasteiger partial charge in [0.1, 0.15) is 0 Å². The number of benzene rings is 1. The molecule has 3 heterocycles. The van der Waals surface area contributed by atoms with Crippen LogP contribution in [0.4, 0.5) is 10.5 Å². The number of carbonyl (C=O) groups is 2. The normalized spacial score (nSPS) is 14.8. The number of hydrogen-bond acceptors (Lipinski definition) is 5. The second kappa shape index (κ2) is 10.6. The van der Waals surface area contributed by atoms with E-state index in [1.165, 1.54) is 17.7 Å². The van der Waals surface area contributed by atoms with Crippen molar-refractivity contribution in [2.24, 2.45) is 0 Å². The van der Waals surface area contributed by atoms with Crippen LogP contribution in [0, 0.1) is 0 Å². The Kier molecular flexibility index (Phi) is 7.35. The molecule has 0 radical (unpaired) electrons. The molecule has 31 heavy (non-hydrogen) atoms. The molecule has 1 aliphatic heterocycles. The number of nitrogens with zero attached hydrogens (tertiary/aromatic N) is 1. The first-order valence-electron chi connectivity index (χ1n) is 10.4. The molecule has 0 bridgehead atoms. The van der Waals surface area contributed by atoms with Crippen LogP contribution in [0.1, 0.15) is 39.0 Å². The smallest absolute Gasteiger partial charge is 0.319 e. The molecule has 6 nitrogen and oxygen atoms in total. The third-order valence-corrected chi connectivity index (χ3v) is 7.14. The molecule has 1 aromatic carbocycles. The Labute approximate surface area is 190 Å². The molecular formula is C23H26N4O2S2. The van der Waals surface area contributed by atoms with E-state index in [9.17, 15) is 9.59 Å². The predicted molar refractivity (Wildman–Crippen MR) is 127 cm³/mol. The van der Waals surface area contributed by atoms with Crippen LogP contribution in [0.2, 0.25) is 0 Å². The number of likely N-dealkylation sites (tertiary alicyclic amines) is 1. The highest BCUT2D eigenvalue weighted by atomic mass is 32.1. The number of carbonyl (C=O) groups excluding carboxylic acids is 2. The fourth-order valence-corrected chi connectivity index (χ4v) is 5.23. The lowest BCUT2D eigenvalue weighted by atomic mass is 10.2. The minimum absolute atomic E-state index is 0.163. The zero-order valence-electron chi connectivity index (χ0n) is 17.2. The second-order valence-corrected chi connectivity index (χ2v) is 9.46. The Balaban J connectivity index is 1.31. The van der Waals surface area contributed by atoms with Gasteiger partial charge in [0.05, 0.1) is 12.6 Å². The van der Waals surface area contributed by atoms with E-state index in [-0.39, 0.29) is 18.0 Å². The summed E-state index contributed by atoms with van der Waals surface area (Å²) in [5.74, 6) is -0.163. The van der Waals surface area contributed by atoms with Gasteiger partial charge in [-0.05, 0) is 67.0 Å². The number of anilines is 1. The molecule has 0 aliphatic carbocycles.